The van der Waals surface area contributed by atoms with Gasteiger partial charge in [-0.3, -0.25) is 4.90 Å². The van der Waals surface area contributed by atoms with Crippen molar-refractivity contribution in [2.45, 2.75) is 57.0 Å². The minimum atomic E-state index is -0.244. The van der Waals surface area contributed by atoms with Gasteiger partial charge >= 0.3 is 0 Å². The molecule has 3 aromatic rings. The monoisotopic (exact) mass is 497 g/mol. The summed E-state index contributed by atoms with van der Waals surface area (Å²) in [5.74, 6) is 0. The van der Waals surface area contributed by atoms with Crippen molar-refractivity contribution in [1.29, 1.82) is 0 Å². The number of likely N-dealkylation sites (tertiary alicyclic amines) is 1. The standard InChI is InChI=1S/C33H39NO3/c1-3-5-15-22-34-23-31(35-24-27-16-9-6-10-17-27)33(37-26-29-20-13-8-14-21-29)32(30(34)4-2)36-25-28-18-11-7-12-19-28/h3-4,6-14,16-21,30-33H,1-2,5,15,22-26H2/t30-,31-,32+,33+/m0/s1. The number of nitrogens with zero attached hydrogens (tertiary/aromatic N) is 1. The lowest BCUT2D eigenvalue weighted by Crippen LogP contribution is -2.62. The highest BCUT2D eigenvalue weighted by molar-refractivity contribution is 5.16. The number of benzene rings is 3. The Bertz CT molecular complexity index is 1060. The van der Waals surface area contributed by atoms with Gasteiger partial charge in [0.15, 0.2) is 0 Å². The van der Waals surface area contributed by atoms with Gasteiger partial charge in [0.1, 0.15) is 12.2 Å². The Morgan fingerprint density at radius 1 is 0.676 bits per heavy atom. The minimum Gasteiger partial charge on any atom is -0.369 e. The molecular weight excluding hydrogens is 458 g/mol. The first-order valence-corrected chi connectivity index (χ1v) is 13.2. The van der Waals surface area contributed by atoms with Crippen molar-refractivity contribution in [3.8, 4) is 0 Å². The number of hydrogen-bond donors (Lipinski definition) is 0. The third-order valence-corrected chi connectivity index (χ3v) is 6.84. The van der Waals surface area contributed by atoms with Crippen molar-refractivity contribution >= 4 is 0 Å². The summed E-state index contributed by atoms with van der Waals surface area (Å²) in [5.41, 5.74) is 3.42. The molecule has 0 radical (unpaired) electrons. The smallest absolute Gasteiger partial charge is 0.113 e. The van der Waals surface area contributed by atoms with Crippen molar-refractivity contribution < 1.29 is 14.2 Å². The molecule has 4 atom stereocenters. The lowest BCUT2D eigenvalue weighted by molar-refractivity contribution is -0.196. The van der Waals surface area contributed by atoms with Crippen LogP contribution in [-0.4, -0.2) is 42.3 Å². The lowest BCUT2D eigenvalue weighted by Gasteiger charge is -2.47. The molecule has 1 saturated heterocycles. The van der Waals surface area contributed by atoms with Crippen molar-refractivity contribution in [2.75, 3.05) is 13.1 Å². The highest BCUT2D eigenvalue weighted by atomic mass is 16.6. The zero-order valence-electron chi connectivity index (χ0n) is 21.7. The Morgan fingerprint density at radius 2 is 1.16 bits per heavy atom. The van der Waals surface area contributed by atoms with E-state index in [0.29, 0.717) is 19.8 Å². The molecule has 0 N–H and O–H groups in total. The van der Waals surface area contributed by atoms with Crippen LogP contribution < -0.4 is 0 Å². The average Bonchev–Trinajstić information content (AvgIpc) is 2.96. The Morgan fingerprint density at radius 3 is 1.65 bits per heavy atom. The molecule has 1 heterocycles. The Balaban J connectivity index is 1.58. The first kappa shape index (κ1) is 27.0. The second-order valence-electron chi connectivity index (χ2n) is 9.51. The van der Waals surface area contributed by atoms with Crippen LogP contribution >= 0.6 is 0 Å². The van der Waals surface area contributed by atoms with Crippen LogP contribution in [0, 0.1) is 0 Å². The van der Waals surface area contributed by atoms with E-state index in [1.165, 1.54) is 0 Å². The van der Waals surface area contributed by atoms with Gasteiger partial charge in [-0.15, -0.1) is 13.2 Å². The fourth-order valence-electron chi connectivity index (χ4n) is 4.89. The average molecular weight is 498 g/mol. The normalized spacial score (nSPS) is 21.9. The lowest BCUT2D eigenvalue weighted by atomic mass is 9.92. The summed E-state index contributed by atoms with van der Waals surface area (Å²) in [7, 11) is 0. The van der Waals surface area contributed by atoms with Gasteiger partial charge in [0.2, 0.25) is 0 Å². The van der Waals surface area contributed by atoms with Gasteiger partial charge in [0.05, 0.1) is 32.0 Å². The molecule has 1 aliphatic heterocycles. The summed E-state index contributed by atoms with van der Waals surface area (Å²) in [6.45, 7) is 11.3. The van der Waals surface area contributed by atoms with Gasteiger partial charge in [-0.05, 0) is 36.1 Å². The molecule has 0 unspecified atom stereocenters. The maximum atomic E-state index is 6.65. The third kappa shape index (κ3) is 7.98. The van der Waals surface area contributed by atoms with E-state index < -0.39 is 0 Å². The summed E-state index contributed by atoms with van der Waals surface area (Å²) in [6, 6.07) is 30.9. The molecule has 0 spiro atoms. The van der Waals surface area contributed by atoms with Crippen molar-refractivity contribution in [2.24, 2.45) is 0 Å². The molecule has 3 aromatic carbocycles. The fourth-order valence-corrected chi connectivity index (χ4v) is 4.89. The van der Waals surface area contributed by atoms with Gasteiger partial charge in [-0.2, -0.15) is 0 Å². The molecule has 0 saturated carbocycles. The van der Waals surface area contributed by atoms with Crippen LogP contribution in [0.5, 0.6) is 0 Å². The Labute approximate surface area is 222 Å². The number of ether oxygens (including phenoxy) is 3. The largest absolute Gasteiger partial charge is 0.369 e. The molecule has 0 aliphatic carbocycles. The van der Waals surface area contributed by atoms with Crippen LogP contribution in [-0.2, 0) is 34.0 Å². The summed E-state index contributed by atoms with van der Waals surface area (Å²) in [5, 5.41) is 0. The topological polar surface area (TPSA) is 30.9 Å². The summed E-state index contributed by atoms with van der Waals surface area (Å²) in [4.78, 5) is 2.43. The van der Waals surface area contributed by atoms with Gasteiger partial charge < -0.3 is 14.2 Å². The molecule has 4 nitrogen and oxygen atoms in total. The van der Waals surface area contributed by atoms with Crippen LogP contribution in [0.4, 0.5) is 0 Å². The number of allylic oxidation sites excluding steroid dienone is 1. The van der Waals surface area contributed by atoms with E-state index in [2.05, 4.69) is 54.5 Å². The first-order chi connectivity index (χ1) is 18.3. The zero-order chi connectivity index (χ0) is 25.7. The van der Waals surface area contributed by atoms with Gasteiger partial charge in [-0.1, -0.05) is 103 Å². The number of rotatable bonds is 14. The minimum absolute atomic E-state index is 0.0193. The van der Waals surface area contributed by atoms with E-state index in [-0.39, 0.29) is 24.4 Å². The van der Waals surface area contributed by atoms with Crippen LogP contribution in [0.25, 0.3) is 0 Å². The predicted molar refractivity (Wildman–Crippen MR) is 150 cm³/mol. The molecule has 1 fully saturated rings. The van der Waals surface area contributed by atoms with Gasteiger partial charge in [-0.25, -0.2) is 0 Å². The van der Waals surface area contributed by atoms with E-state index in [1.54, 1.807) is 0 Å². The Kier molecular flexibility index (Phi) is 10.7. The molecule has 0 bridgehead atoms. The molecule has 4 heteroatoms. The number of piperidine rings is 1. The van der Waals surface area contributed by atoms with E-state index in [0.717, 1.165) is 42.6 Å². The van der Waals surface area contributed by atoms with Crippen LogP contribution in [0.3, 0.4) is 0 Å². The van der Waals surface area contributed by atoms with Crippen LogP contribution in [0.1, 0.15) is 29.5 Å². The molecule has 0 aromatic heterocycles. The predicted octanol–water partition coefficient (Wildman–Crippen LogP) is 6.58. The molecular formula is C33H39NO3. The number of unbranched alkanes of at least 4 members (excludes halogenated alkanes) is 1. The van der Waals surface area contributed by atoms with Gasteiger partial charge in [0.25, 0.3) is 0 Å². The molecule has 37 heavy (non-hydrogen) atoms. The zero-order valence-corrected chi connectivity index (χ0v) is 21.7. The summed E-state index contributed by atoms with van der Waals surface area (Å²) in [6.07, 6.45) is 5.37. The number of hydrogen-bond acceptors (Lipinski definition) is 4. The van der Waals surface area contributed by atoms with E-state index in [4.69, 9.17) is 14.2 Å². The summed E-state index contributed by atoms with van der Waals surface area (Å²) >= 11 is 0. The molecule has 4 rings (SSSR count). The summed E-state index contributed by atoms with van der Waals surface area (Å²) < 4.78 is 19.9. The second kappa shape index (κ2) is 14.7. The van der Waals surface area contributed by atoms with Gasteiger partial charge in [0, 0.05) is 6.54 Å². The van der Waals surface area contributed by atoms with Crippen LogP contribution in [0.15, 0.2) is 116 Å². The quantitative estimate of drug-likeness (QED) is 0.186. The highest BCUT2D eigenvalue weighted by Gasteiger charge is 2.44. The highest BCUT2D eigenvalue weighted by Crippen LogP contribution is 2.29. The van der Waals surface area contributed by atoms with Crippen LogP contribution in [0.2, 0.25) is 0 Å². The van der Waals surface area contributed by atoms with E-state index in [9.17, 15) is 0 Å². The second-order valence-corrected chi connectivity index (χ2v) is 9.51. The fraction of sp³-hybridized carbons (Fsp3) is 0.333. The first-order valence-electron chi connectivity index (χ1n) is 13.2. The molecule has 0 amide bonds. The molecule has 1 aliphatic rings. The Hall–Kier alpha value is -3.02. The van der Waals surface area contributed by atoms with E-state index in [1.807, 2.05) is 66.7 Å². The van der Waals surface area contributed by atoms with Crippen molar-refractivity contribution in [3.63, 3.8) is 0 Å². The maximum absolute atomic E-state index is 6.65. The molecule has 194 valence electrons. The van der Waals surface area contributed by atoms with Crippen molar-refractivity contribution in [1.82, 2.24) is 4.90 Å². The van der Waals surface area contributed by atoms with E-state index >= 15 is 0 Å². The third-order valence-electron chi connectivity index (χ3n) is 6.84. The SMILES string of the molecule is C=CCCCN1C[C@H](OCc2ccccc2)[C@@H](OCc2ccccc2)[C@H](OCc2ccccc2)[C@@H]1C=C. The maximum Gasteiger partial charge on any atom is 0.113 e. The van der Waals surface area contributed by atoms with Crippen molar-refractivity contribution in [3.05, 3.63) is 133 Å².